The highest BCUT2D eigenvalue weighted by Crippen LogP contribution is 2.16. The van der Waals surface area contributed by atoms with Crippen molar-refractivity contribution in [1.82, 2.24) is 10.2 Å². The molecule has 0 aliphatic rings. The molecule has 0 bridgehead atoms. The first kappa shape index (κ1) is 14.4. The lowest BCUT2D eigenvalue weighted by Crippen LogP contribution is -2.19. The van der Waals surface area contributed by atoms with Crippen molar-refractivity contribution in [2.24, 2.45) is 0 Å². The van der Waals surface area contributed by atoms with E-state index < -0.39 is 0 Å². The highest BCUT2D eigenvalue weighted by molar-refractivity contribution is 7.15. The molecule has 0 aliphatic heterocycles. The molecule has 0 atom stereocenters. The van der Waals surface area contributed by atoms with Crippen molar-refractivity contribution in [2.45, 2.75) is 13.3 Å². The fraction of sp³-hybridized carbons (Fsp3) is 0.308. The van der Waals surface area contributed by atoms with E-state index in [0.717, 1.165) is 10.7 Å². The average Bonchev–Trinajstić information content (AvgIpc) is 2.87. The second-order valence-corrected chi connectivity index (χ2v) is 4.96. The smallest absolute Gasteiger partial charge is 0.325 e. The lowest BCUT2D eigenvalue weighted by Gasteiger charge is -2.03. The molecule has 2 N–H and O–H groups in total. The Bertz CT molecular complexity index is 544. The topological polar surface area (TPSA) is 76.1 Å². The normalized spacial score (nSPS) is 10.2. The van der Waals surface area contributed by atoms with Gasteiger partial charge in [-0.1, -0.05) is 29.5 Å². The molecule has 20 heavy (non-hydrogen) atoms. The number of rotatable bonds is 6. The molecular weight excluding hydrogens is 276 g/mol. The lowest BCUT2D eigenvalue weighted by atomic mass is 10.3. The number of anilines is 2. The first-order valence-corrected chi connectivity index (χ1v) is 7.12. The van der Waals surface area contributed by atoms with Crippen molar-refractivity contribution in [2.75, 3.05) is 23.8 Å². The molecule has 0 saturated carbocycles. The van der Waals surface area contributed by atoms with Crippen LogP contribution in [0.15, 0.2) is 30.3 Å². The number of amides is 2. The zero-order valence-corrected chi connectivity index (χ0v) is 11.9. The van der Waals surface area contributed by atoms with Gasteiger partial charge in [0.2, 0.25) is 5.13 Å². The van der Waals surface area contributed by atoms with E-state index in [0.29, 0.717) is 24.8 Å². The van der Waals surface area contributed by atoms with Gasteiger partial charge in [-0.2, -0.15) is 0 Å². The van der Waals surface area contributed by atoms with Crippen molar-refractivity contribution < 1.29 is 9.53 Å². The zero-order chi connectivity index (χ0) is 14.2. The molecule has 2 rings (SSSR count). The van der Waals surface area contributed by atoms with Gasteiger partial charge in [-0.15, -0.1) is 10.2 Å². The van der Waals surface area contributed by atoms with Crippen molar-refractivity contribution in [3.8, 4) is 0 Å². The molecule has 0 fully saturated rings. The summed E-state index contributed by atoms with van der Waals surface area (Å²) in [6, 6.07) is 8.89. The van der Waals surface area contributed by atoms with Crippen molar-refractivity contribution in [3.63, 3.8) is 0 Å². The number of carbonyl (C=O) groups is 1. The molecule has 0 spiro atoms. The van der Waals surface area contributed by atoms with Crippen LogP contribution < -0.4 is 10.6 Å². The van der Waals surface area contributed by atoms with E-state index in [1.807, 2.05) is 37.3 Å². The quantitative estimate of drug-likeness (QED) is 0.803. The zero-order valence-electron chi connectivity index (χ0n) is 11.1. The Kier molecular flexibility index (Phi) is 5.45. The van der Waals surface area contributed by atoms with Crippen LogP contribution in [0.1, 0.15) is 11.9 Å². The minimum Gasteiger partial charge on any atom is -0.381 e. The number of hydrogen-bond acceptors (Lipinski definition) is 5. The van der Waals surface area contributed by atoms with E-state index in [4.69, 9.17) is 4.74 Å². The van der Waals surface area contributed by atoms with Crippen LogP contribution in [-0.2, 0) is 11.2 Å². The van der Waals surface area contributed by atoms with Gasteiger partial charge < -0.3 is 10.1 Å². The van der Waals surface area contributed by atoms with Gasteiger partial charge in [-0.3, -0.25) is 5.32 Å². The van der Waals surface area contributed by atoms with Gasteiger partial charge in [-0.25, -0.2) is 4.79 Å². The SMILES string of the molecule is CCOCCc1nnc(NC(=O)Nc2ccccc2)s1. The van der Waals surface area contributed by atoms with Gasteiger partial charge in [0.1, 0.15) is 5.01 Å². The largest absolute Gasteiger partial charge is 0.381 e. The molecule has 2 aromatic rings. The van der Waals surface area contributed by atoms with Crippen LogP contribution in [-0.4, -0.2) is 29.4 Å². The summed E-state index contributed by atoms with van der Waals surface area (Å²) < 4.78 is 5.25. The Hall–Kier alpha value is -1.99. The number of carbonyl (C=O) groups excluding carboxylic acids is 1. The molecule has 7 heteroatoms. The van der Waals surface area contributed by atoms with Crippen LogP contribution >= 0.6 is 11.3 Å². The van der Waals surface area contributed by atoms with Gasteiger partial charge in [0, 0.05) is 18.7 Å². The van der Waals surface area contributed by atoms with E-state index in [2.05, 4.69) is 20.8 Å². The molecule has 6 nitrogen and oxygen atoms in total. The Morgan fingerprint density at radius 3 is 2.80 bits per heavy atom. The third kappa shape index (κ3) is 4.60. The molecule has 2 amide bonds. The van der Waals surface area contributed by atoms with E-state index in [1.165, 1.54) is 11.3 Å². The van der Waals surface area contributed by atoms with E-state index in [9.17, 15) is 4.79 Å². The van der Waals surface area contributed by atoms with E-state index >= 15 is 0 Å². The number of para-hydroxylation sites is 1. The minimum absolute atomic E-state index is 0.330. The number of aromatic nitrogens is 2. The monoisotopic (exact) mass is 292 g/mol. The third-order valence-electron chi connectivity index (χ3n) is 2.38. The molecular formula is C13H16N4O2S. The molecule has 0 saturated heterocycles. The number of urea groups is 1. The fourth-order valence-electron chi connectivity index (χ4n) is 1.49. The highest BCUT2D eigenvalue weighted by atomic mass is 32.1. The maximum Gasteiger partial charge on any atom is 0.325 e. The number of hydrogen-bond donors (Lipinski definition) is 2. The first-order chi connectivity index (χ1) is 9.78. The molecule has 0 unspecified atom stereocenters. The summed E-state index contributed by atoms with van der Waals surface area (Å²) >= 11 is 1.35. The molecule has 0 aliphatic carbocycles. The highest BCUT2D eigenvalue weighted by Gasteiger charge is 2.08. The second kappa shape index (κ2) is 7.56. The number of benzene rings is 1. The predicted molar refractivity (Wildman–Crippen MR) is 79.2 cm³/mol. The molecule has 0 radical (unpaired) electrons. The lowest BCUT2D eigenvalue weighted by molar-refractivity contribution is 0.150. The van der Waals surface area contributed by atoms with Crippen molar-refractivity contribution in [1.29, 1.82) is 0 Å². The van der Waals surface area contributed by atoms with E-state index in [-0.39, 0.29) is 6.03 Å². The van der Waals surface area contributed by atoms with E-state index in [1.54, 1.807) is 0 Å². The summed E-state index contributed by atoms with van der Waals surface area (Å²) in [6.07, 6.45) is 0.702. The molecule has 106 valence electrons. The number of nitrogens with one attached hydrogen (secondary N) is 2. The maximum absolute atomic E-state index is 11.7. The van der Waals surface area contributed by atoms with Crippen LogP contribution in [0, 0.1) is 0 Å². The van der Waals surface area contributed by atoms with Gasteiger partial charge >= 0.3 is 6.03 Å². The van der Waals surface area contributed by atoms with Gasteiger partial charge in [0.15, 0.2) is 0 Å². The van der Waals surface area contributed by atoms with Gasteiger partial charge in [0.05, 0.1) is 6.61 Å². The molecule has 1 aromatic heterocycles. The Morgan fingerprint density at radius 1 is 1.25 bits per heavy atom. The summed E-state index contributed by atoms with van der Waals surface area (Å²) in [5, 5.41) is 14.6. The summed E-state index contributed by atoms with van der Waals surface area (Å²) in [4.78, 5) is 11.7. The third-order valence-corrected chi connectivity index (χ3v) is 3.28. The second-order valence-electron chi connectivity index (χ2n) is 3.89. The van der Waals surface area contributed by atoms with Crippen LogP contribution in [0.2, 0.25) is 0 Å². The average molecular weight is 292 g/mol. The summed E-state index contributed by atoms with van der Waals surface area (Å²) in [5.41, 5.74) is 0.728. The van der Waals surface area contributed by atoms with Crippen LogP contribution in [0.3, 0.4) is 0 Å². The fourth-order valence-corrected chi connectivity index (χ4v) is 2.21. The summed E-state index contributed by atoms with van der Waals surface area (Å²) in [7, 11) is 0. The van der Waals surface area contributed by atoms with Gasteiger partial charge in [-0.05, 0) is 19.1 Å². The predicted octanol–water partition coefficient (Wildman–Crippen LogP) is 2.76. The van der Waals surface area contributed by atoms with Crippen LogP contribution in [0.4, 0.5) is 15.6 Å². The number of ether oxygens (including phenoxy) is 1. The van der Waals surface area contributed by atoms with Crippen LogP contribution in [0.25, 0.3) is 0 Å². The summed E-state index contributed by atoms with van der Waals surface area (Å²) in [6.45, 7) is 3.24. The minimum atomic E-state index is -0.330. The van der Waals surface area contributed by atoms with Crippen molar-refractivity contribution in [3.05, 3.63) is 35.3 Å². The maximum atomic E-state index is 11.7. The van der Waals surface area contributed by atoms with Crippen LogP contribution in [0.5, 0.6) is 0 Å². The number of nitrogens with zero attached hydrogens (tertiary/aromatic N) is 2. The first-order valence-electron chi connectivity index (χ1n) is 6.31. The van der Waals surface area contributed by atoms with Gasteiger partial charge in [0.25, 0.3) is 0 Å². The Labute approximate surface area is 121 Å². The van der Waals surface area contributed by atoms with Crippen molar-refractivity contribution >= 4 is 28.2 Å². The Morgan fingerprint density at radius 2 is 2.05 bits per heavy atom. The molecule has 1 aromatic carbocycles. The Balaban J connectivity index is 1.82. The standard InChI is InChI=1S/C13H16N4O2S/c1-2-19-9-8-11-16-17-13(20-11)15-12(18)14-10-6-4-3-5-7-10/h3-7H,2,8-9H2,1H3,(H2,14,15,17,18). The summed E-state index contributed by atoms with van der Waals surface area (Å²) in [5.74, 6) is 0. The molecule has 1 heterocycles.